The van der Waals surface area contributed by atoms with Crippen molar-refractivity contribution in [3.8, 4) is 0 Å². The molecule has 2 aliphatic heterocycles. The van der Waals surface area contributed by atoms with Gasteiger partial charge in [-0.3, -0.25) is 0 Å². The van der Waals surface area contributed by atoms with Crippen LogP contribution in [0.5, 0.6) is 0 Å². The maximum absolute atomic E-state index is 13.0. The zero-order valence-electron chi connectivity index (χ0n) is 14.6. The van der Waals surface area contributed by atoms with Crippen LogP contribution in [0, 0.1) is 0 Å². The van der Waals surface area contributed by atoms with Crippen molar-refractivity contribution in [3.05, 3.63) is 54.1 Å². The number of sulfone groups is 1. The van der Waals surface area contributed by atoms with Crippen LogP contribution in [0.2, 0.25) is 0 Å². The Bertz CT molecular complexity index is 880. The molecule has 0 spiro atoms. The van der Waals surface area contributed by atoms with Gasteiger partial charge < -0.3 is 10.2 Å². The number of benzene rings is 2. The molecular formula is C20H24N2O2S. The van der Waals surface area contributed by atoms with Gasteiger partial charge in [-0.1, -0.05) is 18.2 Å². The minimum atomic E-state index is -3.47. The van der Waals surface area contributed by atoms with Crippen molar-refractivity contribution < 1.29 is 8.42 Å². The van der Waals surface area contributed by atoms with Crippen LogP contribution >= 0.6 is 0 Å². The Balaban J connectivity index is 1.77. The first-order chi connectivity index (χ1) is 12.0. The molecular weight excluding hydrogens is 332 g/mol. The van der Waals surface area contributed by atoms with Gasteiger partial charge in [-0.25, -0.2) is 8.42 Å². The van der Waals surface area contributed by atoms with Gasteiger partial charge in [-0.15, -0.1) is 0 Å². The summed E-state index contributed by atoms with van der Waals surface area (Å²) in [5, 5.41) is 3.55. The molecule has 1 fully saturated rings. The summed E-state index contributed by atoms with van der Waals surface area (Å²) in [6.45, 7) is 3.20. The quantitative estimate of drug-likeness (QED) is 0.898. The van der Waals surface area contributed by atoms with E-state index in [1.807, 2.05) is 18.2 Å². The summed E-state index contributed by atoms with van der Waals surface area (Å²) in [6, 6.07) is 15.3. The summed E-state index contributed by atoms with van der Waals surface area (Å²) < 4.78 is 25.9. The van der Waals surface area contributed by atoms with Crippen molar-refractivity contribution in [2.75, 3.05) is 18.5 Å². The van der Waals surface area contributed by atoms with Gasteiger partial charge in [0.05, 0.1) is 9.79 Å². The number of anilines is 1. The van der Waals surface area contributed by atoms with Crippen LogP contribution in [0.25, 0.3) is 0 Å². The van der Waals surface area contributed by atoms with Gasteiger partial charge in [0.25, 0.3) is 0 Å². The maximum atomic E-state index is 13.0. The van der Waals surface area contributed by atoms with Crippen LogP contribution < -0.4 is 10.2 Å². The average molecular weight is 356 g/mol. The van der Waals surface area contributed by atoms with E-state index >= 15 is 0 Å². The van der Waals surface area contributed by atoms with Crippen molar-refractivity contribution in [1.82, 2.24) is 5.32 Å². The molecule has 4 rings (SSSR count). The van der Waals surface area contributed by atoms with Gasteiger partial charge in [-0.05, 0) is 62.2 Å². The fraction of sp³-hybridized carbons (Fsp3) is 0.400. The predicted molar refractivity (Wildman–Crippen MR) is 100.0 cm³/mol. The molecule has 0 aromatic heterocycles. The molecule has 0 bridgehead atoms. The van der Waals surface area contributed by atoms with Crippen LogP contribution in [0.1, 0.15) is 31.2 Å². The van der Waals surface area contributed by atoms with Crippen molar-refractivity contribution in [2.24, 2.45) is 0 Å². The lowest BCUT2D eigenvalue weighted by Crippen LogP contribution is -2.34. The molecule has 132 valence electrons. The normalized spacial score (nSPS) is 26.0. The first kappa shape index (κ1) is 16.6. The van der Waals surface area contributed by atoms with Crippen LogP contribution in [-0.2, 0) is 9.84 Å². The fourth-order valence-corrected chi connectivity index (χ4v) is 5.63. The summed E-state index contributed by atoms with van der Waals surface area (Å²) in [5.74, 6) is 0.392. The van der Waals surface area contributed by atoms with E-state index in [2.05, 4.69) is 24.2 Å². The standard InChI is InChI=1S/C20H24N2O2S/c1-14-12-20-17(10-11-21-14)18-13-16(8-9-19(18)22(20)2)25(23,24)15-6-4-3-5-7-15/h3-9,13-14,17,20-21H,10-12H2,1-2H3/t14?,17-,20?/m0/s1. The van der Waals surface area contributed by atoms with E-state index in [1.54, 1.807) is 30.3 Å². The highest BCUT2D eigenvalue weighted by atomic mass is 32.2. The lowest BCUT2D eigenvalue weighted by Gasteiger charge is -2.26. The molecule has 1 N–H and O–H groups in total. The van der Waals surface area contributed by atoms with E-state index in [4.69, 9.17) is 0 Å². The Hall–Kier alpha value is -1.85. The Kier molecular flexibility index (Phi) is 4.08. The van der Waals surface area contributed by atoms with E-state index < -0.39 is 9.84 Å². The van der Waals surface area contributed by atoms with Crippen molar-refractivity contribution >= 4 is 15.5 Å². The Morgan fingerprint density at radius 2 is 1.84 bits per heavy atom. The highest BCUT2D eigenvalue weighted by molar-refractivity contribution is 7.91. The fourth-order valence-electron chi connectivity index (χ4n) is 4.31. The molecule has 0 saturated carbocycles. The van der Waals surface area contributed by atoms with Gasteiger partial charge in [0.15, 0.2) is 0 Å². The van der Waals surface area contributed by atoms with Crippen molar-refractivity contribution in [2.45, 2.75) is 47.6 Å². The second kappa shape index (κ2) is 6.15. The predicted octanol–water partition coefficient (Wildman–Crippen LogP) is 3.19. The second-order valence-corrected chi connectivity index (χ2v) is 9.15. The molecule has 2 aliphatic rings. The van der Waals surface area contributed by atoms with Gasteiger partial charge >= 0.3 is 0 Å². The summed E-state index contributed by atoms with van der Waals surface area (Å²) in [7, 11) is -1.34. The summed E-state index contributed by atoms with van der Waals surface area (Å²) in [6.07, 6.45) is 2.12. The summed E-state index contributed by atoms with van der Waals surface area (Å²) in [5.41, 5.74) is 2.36. The first-order valence-electron chi connectivity index (χ1n) is 8.89. The zero-order chi connectivity index (χ0) is 17.6. The zero-order valence-corrected chi connectivity index (χ0v) is 15.5. The minimum absolute atomic E-state index is 0.356. The van der Waals surface area contributed by atoms with Gasteiger partial charge in [-0.2, -0.15) is 0 Å². The number of likely N-dealkylation sites (N-methyl/N-ethyl adjacent to an activating group) is 1. The second-order valence-electron chi connectivity index (χ2n) is 7.20. The summed E-state index contributed by atoms with van der Waals surface area (Å²) >= 11 is 0. The Morgan fingerprint density at radius 3 is 2.60 bits per heavy atom. The highest BCUT2D eigenvalue weighted by Gasteiger charge is 2.39. The van der Waals surface area contributed by atoms with E-state index in [-0.39, 0.29) is 0 Å². The molecule has 25 heavy (non-hydrogen) atoms. The Morgan fingerprint density at radius 1 is 1.08 bits per heavy atom. The number of fused-ring (bicyclic) bond motifs is 3. The van der Waals surface area contributed by atoms with E-state index in [0.717, 1.165) is 19.4 Å². The molecule has 0 amide bonds. The smallest absolute Gasteiger partial charge is 0.206 e. The first-order valence-corrected chi connectivity index (χ1v) is 10.4. The lowest BCUT2D eigenvalue weighted by atomic mass is 9.90. The van der Waals surface area contributed by atoms with Crippen LogP contribution in [0.3, 0.4) is 0 Å². The topological polar surface area (TPSA) is 49.4 Å². The van der Waals surface area contributed by atoms with Gasteiger partial charge in [0.1, 0.15) is 0 Å². The van der Waals surface area contributed by atoms with Crippen molar-refractivity contribution in [1.29, 1.82) is 0 Å². The molecule has 2 unspecified atom stereocenters. The molecule has 1 saturated heterocycles. The molecule has 2 heterocycles. The van der Waals surface area contributed by atoms with E-state index in [1.165, 1.54) is 11.3 Å². The third-order valence-corrected chi connectivity index (χ3v) is 7.41. The van der Waals surface area contributed by atoms with Crippen molar-refractivity contribution in [3.63, 3.8) is 0 Å². The number of hydrogen-bond acceptors (Lipinski definition) is 4. The number of rotatable bonds is 2. The van der Waals surface area contributed by atoms with Crippen LogP contribution in [-0.4, -0.2) is 34.1 Å². The highest BCUT2D eigenvalue weighted by Crippen LogP contribution is 2.45. The summed E-state index contributed by atoms with van der Waals surface area (Å²) in [4.78, 5) is 3.09. The van der Waals surface area contributed by atoms with Gasteiger partial charge in [0.2, 0.25) is 9.84 Å². The SMILES string of the molecule is CC1CC2[C@@H](CCN1)c1cc(S(=O)(=O)c3ccccc3)ccc1N2C. The molecule has 0 aliphatic carbocycles. The van der Waals surface area contributed by atoms with E-state index in [9.17, 15) is 8.42 Å². The average Bonchev–Trinajstić information content (AvgIpc) is 2.76. The van der Waals surface area contributed by atoms with Crippen LogP contribution in [0.4, 0.5) is 5.69 Å². The minimum Gasteiger partial charge on any atom is -0.371 e. The largest absolute Gasteiger partial charge is 0.371 e. The number of nitrogens with one attached hydrogen (secondary N) is 1. The van der Waals surface area contributed by atoms with Crippen LogP contribution in [0.15, 0.2) is 58.3 Å². The molecule has 2 aromatic rings. The van der Waals surface area contributed by atoms with E-state index in [0.29, 0.717) is 27.8 Å². The number of hydrogen-bond donors (Lipinski definition) is 1. The molecule has 2 aromatic carbocycles. The van der Waals surface area contributed by atoms with Gasteiger partial charge in [0, 0.05) is 30.7 Å². The monoisotopic (exact) mass is 356 g/mol. The maximum Gasteiger partial charge on any atom is 0.206 e. The molecule has 5 heteroatoms. The lowest BCUT2D eigenvalue weighted by molar-refractivity contribution is 0.487. The Labute approximate surface area is 149 Å². The molecule has 0 radical (unpaired) electrons. The third kappa shape index (κ3) is 2.75. The number of nitrogens with zero attached hydrogens (tertiary/aromatic N) is 1. The third-order valence-electron chi connectivity index (χ3n) is 5.65. The molecule has 3 atom stereocenters. The molecule has 4 nitrogen and oxygen atoms in total.